The Hall–Kier alpha value is -2.88. The van der Waals surface area contributed by atoms with Crippen LogP contribution in [0.3, 0.4) is 0 Å². The zero-order valence-electron chi connectivity index (χ0n) is 13.9. The lowest BCUT2D eigenvalue weighted by molar-refractivity contribution is 0.0985. The maximum absolute atomic E-state index is 12.5. The van der Waals surface area contributed by atoms with Gasteiger partial charge in [0.05, 0.1) is 5.70 Å². The molecule has 24 heavy (non-hydrogen) atoms. The first-order valence-corrected chi connectivity index (χ1v) is 8.15. The lowest BCUT2D eigenvalue weighted by Gasteiger charge is -2.21. The smallest absolute Gasteiger partial charge is 0.210 e. The largest absolute Gasteiger partial charge is 0.372 e. The second kappa shape index (κ2) is 6.71. The highest BCUT2D eigenvalue weighted by atomic mass is 16.1. The van der Waals surface area contributed by atoms with E-state index in [0.29, 0.717) is 16.8 Å². The highest BCUT2D eigenvalue weighted by Gasteiger charge is 2.25. The van der Waals surface area contributed by atoms with Gasteiger partial charge in [-0.1, -0.05) is 24.3 Å². The van der Waals surface area contributed by atoms with Crippen LogP contribution < -0.4 is 10.2 Å². The predicted octanol–water partition coefficient (Wildman–Crippen LogP) is 3.91. The lowest BCUT2D eigenvalue weighted by Crippen LogP contribution is -2.22. The fourth-order valence-electron chi connectivity index (χ4n) is 2.91. The molecule has 0 spiro atoms. The zero-order valence-corrected chi connectivity index (χ0v) is 13.9. The number of benzene rings is 2. The average Bonchev–Trinajstić information content (AvgIpc) is 2.62. The lowest BCUT2D eigenvalue weighted by atomic mass is 9.92. The Morgan fingerprint density at radius 1 is 0.875 bits per heavy atom. The number of allylic oxidation sites excluding steroid dienone is 2. The van der Waals surface area contributed by atoms with Crippen LogP contribution in [-0.2, 0) is 0 Å². The Balaban J connectivity index is 1.82. The van der Waals surface area contributed by atoms with Gasteiger partial charge in [-0.3, -0.25) is 9.59 Å². The number of hydrogen-bond donors (Lipinski definition) is 1. The molecular formula is C20H20N2O2. The summed E-state index contributed by atoms with van der Waals surface area (Å²) in [4.78, 5) is 27.0. The molecule has 4 heteroatoms. The Labute approximate surface area is 141 Å². The van der Waals surface area contributed by atoms with Gasteiger partial charge in [0.2, 0.25) is 5.78 Å². The number of carbonyl (C=O) groups is 2. The van der Waals surface area contributed by atoms with Crippen LogP contribution in [0.25, 0.3) is 0 Å². The third kappa shape index (κ3) is 2.95. The van der Waals surface area contributed by atoms with Crippen LogP contribution >= 0.6 is 0 Å². The third-order valence-corrected chi connectivity index (χ3v) is 4.23. The van der Waals surface area contributed by atoms with Crippen molar-refractivity contribution in [2.45, 2.75) is 13.8 Å². The molecule has 0 saturated carbocycles. The number of carbonyl (C=O) groups excluding carboxylic acids is 2. The van der Waals surface area contributed by atoms with Crippen molar-refractivity contribution in [1.29, 1.82) is 0 Å². The number of fused-ring (bicyclic) bond motifs is 1. The first-order valence-electron chi connectivity index (χ1n) is 8.15. The number of ketones is 2. The zero-order chi connectivity index (χ0) is 17.1. The molecule has 1 N–H and O–H groups in total. The van der Waals surface area contributed by atoms with E-state index in [1.165, 1.54) is 6.08 Å². The molecule has 1 aliphatic rings. The second-order valence-electron chi connectivity index (χ2n) is 5.64. The van der Waals surface area contributed by atoms with Gasteiger partial charge in [0, 0.05) is 41.7 Å². The molecular weight excluding hydrogens is 300 g/mol. The van der Waals surface area contributed by atoms with Crippen LogP contribution in [0, 0.1) is 0 Å². The van der Waals surface area contributed by atoms with Gasteiger partial charge < -0.3 is 10.2 Å². The third-order valence-electron chi connectivity index (χ3n) is 4.23. The van der Waals surface area contributed by atoms with E-state index in [0.717, 1.165) is 24.5 Å². The summed E-state index contributed by atoms with van der Waals surface area (Å²) in [5, 5.41) is 3.08. The summed E-state index contributed by atoms with van der Waals surface area (Å²) in [6.07, 6.45) is 1.38. The van der Waals surface area contributed by atoms with Crippen molar-refractivity contribution in [1.82, 2.24) is 0 Å². The molecule has 1 aliphatic carbocycles. The molecule has 4 nitrogen and oxygen atoms in total. The molecule has 0 bridgehead atoms. The summed E-state index contributed by atoms with van der Waals surface area (Å²) in [5.41, 5.74) is 3.15. The molecule has 0 atom stereocenters. The Morgan fingerprint density at radius 2 is 1.50 bits per heavy atom. The van der Waals surface area contributed by atoms with Gasteiger partial charge in [0.15, 0.2) is 5.78 Å². The first kappa shape index (κ1) is 16.0. The normalized spacial score (nSPS) is 13.3. The van der Waals surface area contributed by atoms with Crippen molar-refractivity contribution in [2.75, 3.05) is 23.3 Å². The van der Waals surface area contributed by atoms with Crippen LogP contribution in [-0.4, -0.2) is 24.7 Å². The summed E-state index contributed by atoms with van der Waals surface area (Å²) < 4.78 is 0. The number of nitrogens with one attached hydrogen (secondary N) is 1. The van der Waals surface area contributed by atoms with E-state index in [2.05, 4.69) is 24.1 Å². The highest BCUT2D eigenvalue weighted by molar-refractivity contribution is 6.25. The van der Waals surface area contributed by atoms with Crippen molar-refractivity contribution < 1.29 is 9.59 Å². The summed E-state index contributed by atoms with van der Waals surface area (Å²) in [6.45, 7) is 6.12. The van der Waals surface area contributed by atoms with E-state index >= 15 is 0 Å². The number of nitrogens with zero attached hydrogens (tertiary/aromatic N) is 1. The Kier molecular flexibility index (Phi) is 4.47. The van der Waals surface area contributed by atoms with Crippen LogP contribution in [0.1, 0.15) is 34.6 Å². The van der Waals surface area contributed by atoms with Crippen molar-refractivity contribution >= 4 is 22.9 Å². The SMILES string of the molecule is CCN(CC)c1ccc(NC2=CC(=O)c3ccccc3C2=O)cc1. The number of anilines is 2. The van der Waals surface area contributed by atoms with Crippen LogP contribution in [0.5, 0.6) is 0 Å². The summed E-state index contributed by atoms with van der Waals surface area (Å²) in [7, 11) is 0. The molecule has 3 rings (SSSR count). The van der Waals surface area contributed by atoms with E-state index in [-0.39, 0.29) is 11.6 Å². The number of Topliss-reactive ketones (excluding diaryl/α,β-unsaturated/α-hetero) is 1. The quantitative estimate of drug-likeness (QED) is 0.907. The molecule has 0 fully saturated rings. The fraction of sp³-hybridized carbons (Fsp3) is 0.200. The molecule has 0 aromatic heterocycles. The fourth-order valence-corrected chi connectivity index (χ4v) is 2.91. The minimum atomic E-state index is -0.155. The average molecular weight is 320 g/mol. The summed E-state index contributed by atoms with van der Waals surface area (Å²) in [5.74, 6) is -0.300. The Morgan fingerprint density at radius 3 is 2.12 bits per heavy atom. The van der Waals surface area contributed by atoms with Crippen LogP contribution in [0.4, 0.5) is 11.4 Å². The van der Waals surface area contributed by atoms with E-state index in [4.69, 9.17) is 0 Å². The maximum Gasteiger partial charge on any atom is 0.210 e. The van der Waals surface area contributed by atoms with E-state index in [1.807, 2.05) is 24.3 Å². The number of hydrogen-bond acceptors (Lipinski definition) is 4. The van der Waals surface area contributed by atoms with Gasteiger partial charge in [-0.25, -0.2) is 0 Å². The minimum absolute atomic E-state index is 0.146. The van der Waals surface area contributed by atoms with Crippen molar-refractivity contribution in [3.63, 3.8) is 0 Å². The van der Waals surface area contributed by atoms with Crippen molar-refractivity contribution in [3.05, 3.63) is 71.4 Å². The monoisotopic (exact) mass is 320 g/mol. The molecule has 0 aliphatic heterocycles. The predicted molar refractivity (Wildman–Crippen MR) is 96.8 cm³/mol. The van der Waals surface area contributed by atoms with Gasteiger partial charge in [0.25, 0.3) is 0 Å². The van der Waals surface area contributed by atoms with E-state index in [1.54, 1.807) is 24.3 Å². The van der Waals surface area contributed by atoms with Crippen molar-refractivity contribution in [2.24, 2.45) is 0 Å². The standard InChI is InChI=1S/C20H20N2O2/c1-3-22(4-2)15-11-9-14(10-12-15)21-18-13-19(23)16-7-5-6-8-17(16)20(18)24/h5-13,21H,3-4H2,1-2H3. The summed E-state index contributed by atoms with van der Waals surface area (Å²) >= 11 is 0. The molecule has 2 aromatic rings. The molecule has 2 aromatic carbocycles. The second-order valence-corrected chi connectivity index (χ2v) is 5.64. The topological polar surface area (TPSA) is 49.4 Å². The van der Waals surface area contributed by atoms with Gasteiger partial charge >= 0.3 is 0 Å². The first-order chi connectivity index (χ1) is 11.6. The molecule has 0 saturated heterocycles. The molecule has 0 amide bonds. The van der Waals surface area contributed by atoms with Crippen LogP contribution in [0.2, 0.25) is 0 Å². The molecule has 0 heterocycles. The Bertz CT molecular complexity index is 803. The van der Waals surface area contributed by atoms with E-state index < -0.39 is 0 Å². The van der Waals surface area contributed by atoms with Gasteiger partial charge in [-0.05, 0) is 38.1 Å². The maximum atomic E-state index is 12.5. The van der Waals surface area contributed by atoms with Crippen molar-refractivity contribution in [3.8, 4) is 0 Å². The minimum Gasteiger partial charge on any atom is -0.372 e. The van der Waals surface area contributed by atoms with Gasteiger partial charge in [-0.2, -0.15) is 0 Å². The number of rotatable bonds is 5. The van der Waals surface area contributed by atoms with Gasteiger partial charge in [-0.15, -0.1) is 0 Å². The summed E-state index contributed by atoms with van der Waals surface area (Å²) in [6, 6.07) is 14.8. The van der Waals surface area contributed by atoms with E-state index in [9.17, 15) is 9.59 Å². The van der Waals surface area contributed by atoms with Crippen LogP contribution in [0.15, 0.2) is 60.3 Å². The molecule has 122 valence electrons. The van der Waals surface area contributed by atoms with Gasteiger partial charge in [0.1, 0.15) is 0 Å². The molecule has 0 unspecified atom stereocenters. The highest BCUT2D eigenvalue weighted by Crippen LogP contribution is 2.24. The molecule has 0 radical (unpaired) electrons.